The maximum absolute atomic E-state index is 10.1. The minimum atomic E-state index is -0.644. The summed E-state index contributed by atoms with van der Waals surface area (Å²) in [6, 6.07) is 2.18. The van der Waals surface area contributed by atoms with Gasteiger partial charge in [-0.1, -0.05) is 5.16 Å². The highest BCUT2D eigenvalue weighted by atomic mass is 16.5. The van der Waals surface area contributed by atoms with Gasteiger partial charge in [0.15, 0.2) is 0 Å². The summed E-state index contributed by atoms with van der Waals surface area (Å²) in [7, 11) is 0. The Bertz CT molecular complexity index is 354. The van der Waals surface area contributed by atoms with Gasteiger partial charge in [0.2, 0.25) is 0 Å². The van der Waals surface area contributed by atoms with E-state index in [0.717, 1.165) is 37.4 Å². The van der Waals surface area contributed by atoms with E-state index in [-0.39, 0.29) is 6.04 Å². The van der Waals surface area contributed by atoms with Crippen molar-refractivity contribution < 1.29 is 9.63 Å². The maximum atomic E-state index is 10.1. The van der Waals surface area contributed by atoms with Crippen molar-refractivity contribution in [3.05, 3.63) is 17.5 Å². The SMILES string of the molecule is Cc1cc(CN2CCCC2C(C)(C)O)no1. The molecule has 2 rings (SSSR count). The normalized spacial score (nSPS) is 22.9. The van der Waals surface area contributed by atoms with Gasteiger partial charge in [0.25, 0.3) is 0 Å². The van der Waals surface area contributed by atoms with E-state index in [1.54, 1.807) is 0 Å². The Morgan fingerprint density at radius 1 is 1.62 bits per heavy atom. The largest absolute Gasteiger partial charge is 0.389 e. The summed E-state index contributed by atoms with van der Waals surface area (Å²) in [6.07, 6.45) is 2.20. The second kappa shape index (κ2) is 4.18. The van der Waals surface area contributed by atoms with Gasteiger partial charge in [-0.15, -0.1) is 0 Å². The van der Waals surface area contributed by atoms with Crippen LogP contribution in [0.4, 0.5) is 0 Å². The van der Waals surface area contributed by atoms with Crippen molar-refractivity contribution in [1.29, 1.82) is 0 Å². The highest BCUT2D eigenvalue weighted by Crippen LogP contribution is 2.27. The fraction of sp³-hybridized carbons (Fsp3) is 0.750. The molecule has 1 fully saturated rings. The molecule has 1 aliphatic heterocycles. The lowest BCUT2D eigenvalue weighted by Gasteiger charge is -2.33. The summed E-state index contributed by atoms with van der Waals surface area (Å²) in [5.74, 6) is 0.842. The second-order valence-electron chi connectivity index (χ2n) is 5.21. The quantitative estimate of drug-likeness (QED) is 0.849. The van der Waals surface area contributed by atoms with Gasteiger partial charge < -0.3 is 9.63 Å². The third-order valence-electron chi connectivity index (χ3n) is 3.22. The van der Waals surface area contributed by atoms with E-state index < -0.39 is 5.60 Å². The van der Waals surface area contributed by atoms with Gasteiger partial charge in [0, 0.05) is 18.7 Å². The van der Waals surface area contributed by atoms with Gasteiger partial charge in [-0.2, -0.15) is 0 Å². The van der Waals surface area contributed by atoms with Crippen LogP contribution in [0.5, 0.6) is 0 Å². The molecule has 1 aromatic heterocycles. The van der Waals surface area contributed by atoms with E-state index in [1.807, 2.05) is 26.8 Å². The molecule has 0 amide bonds. The van der Waals surface area contributed by atoms with Crippen molar-refractivity contribution in [2.24, 2.45) is 0 Å². The molecule has 90 valence electrons. The average molecular weight is 224 g/mol. The van der Waals surface area contributed by atoms with Crippen LogP contribution in [0.2, 0.25) is 0 Å². The van der Waals surface area contributed by atoms with Crippen molar-refractivity contribution >= 4 is 0 Å². The number of rotatable bonds is 3. The van der Waals surface area contributed by atoms with Crippen LogP contribution in [0.15, 0.2) is 10.6 Å². The predicted octanol–water partition coefficient (Wildman–Crippen LogP) is 1.72. The Balaban J connectivity index is 2.04. The lowest BCUT2D eigenvalue weighted by Crippen LogP contribution is -2.45. The van der Waals surface area contributed by atoms with Gasteiger partial charge in [-0.05, 0) is 40.2 Å². The minimum Gasteiger partial charge on any atom is -0.389 e. The number of aromatic nitrogens is 1. The Labute approximate surface area is 96.2 Å². The first-order valence-electron chi connectivity index (χ1n) is 5.85. The summed E-state index contributed by atoms with van der Waals surface area (Å²) in [4.78, 5) is 2.29. The van der Waals surface area contributed by atoms with Crippen LogP contribution in [0, 0.1) is 6.92 Å². The summed E-state index contributed by atoms with van der Waals surface area (Å²) in [5.41, 5.74) is 0.309. The number of hydrogen-bond donors (Lipinski definition) is 1. The van der Waals surface area contributed by atoms with E-state index in [9.17, 15) is 5.11 Å². The summed E-state index contributed by atoms with van der Waals surface area (Å²) in [6.45, 7) is 7.45. The van der Waals surface area contributed by atoms with Crippen molar-refractivity contribution in [2.75, 3.05) is 6.54 Å². The Hall–Kier alpha value is -0.870. The number of hydrogen-bond acceptors (Lipinski definition) is 4. The molecule has 0 bridgehead atoms. The molecule has 0 spiro atoms. The molecule has 0 saturated carbocycles. The van der Waals surface area contributed by atoms with Gasteiger partial charge in [0.1, 0.15) is 5.76 Å². The smallest absolute Gasteiger partial charge is 0.133 e. The first kappa shape index (κ1) is 11.6. The molecule has 0 radical (unpaired) electrons. The number of aliphatic hydroxyl groups is 1. The molecule has 1 aromatic rings. The van der Waals surface area contributed by atoms with Crippen LogP contribution in [0.1, 0.15) is 38.1 Å². The van der Waals surface area contributed by atoms with E-state index in [4.69, 9.17) is 4.52 Å². The highest BCUT2D eigenvalue weighted by Gasteiger charge is 2.35. The van der Waals surface area contributed by atoms with E-state index in [0.29, 0.717) is 0 Å². The molecule has 1 aliphatic rings. The van der Waals surface area contributed by atoms with Crippen molar-refractivity contribution in [3.8, 4) is 0 Å². The lowest BCUT2D eigenvalue weighted by molar-refractivity contribution is -0.00560. The molecule has 4 nitrogen and oxygen atoms in total. The van der Waals surface area contributed by atoms with E-state index >= 15 is 0 Å². The summed E-state index contributed by atoms with van der Waals surface area (Å²) < 4.78 is 5.06. The van der Waals surface area contributed by atoms with Crippen LogP contribution in [-0.4, -0.2) is 33.4 Å². The summed E-state index contributed by atoms with van der Waals surface area (Å²) >= 11 is 0. The zero-order chi connectivity index (χ0) is 11.8. The molecule has 0 aromatic carbocycles. The summed E-state index contributed by atoms with van der Waals surface area (Å²) in [5, 5.41) is 14.1. The first-order chi connectivity index (χ1) is 7.47. The molecule has 1 saturated heterocycles. The van der Waals surface area contributed by atoms with Crippen LogP contribution >= 0.6 is 0 Å². The second-order valence-corrected chi connectivity index (χ2v) is 5.21. The molecule has 0 aliphatic carbocycles. The predicted molar refractivity (Wildman–Crippen MR) is 61.0 cm³/mol. The van der Waals surface area contributed by atoms with Gasteiger partial charge in [-0.25, -0.2) is 0 Å². The Morgan fingerprint density at radius 2 is 2.38 bits per heavy atom. The number of nitrogens with zero attached hydrogens (tertiary/aromatic N) is 2. The Kier molecular flexibility index (Phi) is 3.04. The maximum Gasteiger partial charge on any atom is 0.133 e. The third-order valence-corrected chi connectivity index (χ3v) is 3.22. The number of aryl methyl sites for hydroxylation is 1. The van der Waals surface area contributed by atoms with E-state index in [1.165, 1.54) is 0 Å². The standard InChI is InChI=1S/C12H20N2O2/c1-9-7-10(13-16-9)8-14-6-4-5-11(14)12(2,3)15/h7,11,15H,4-6,8H2,1-3H3. The van der Waals surface area contributed by atoms with E-state index in [2.05, 4.69) is 10.1 Å². The molecule has 16 heavy (non-hydrogen) atoms. The van der Waals surface area contributed by atoms with Gasteiger partial charge in [0.05, 0.1) is 11.3 Å². The van der Waals surface area contributed by atoms with Gasteiger partial charge >= 0.3 is 0 Å². The molecular weight excluding hydrogens is 204 g/mol. The lowest BCUT2D eigenvalue weighted by atomic mass is 9.96. The van der Waals surface area contributed by atoms with Crippen LogP contribution in [0.3, 0.4) is 0 Å². The molecular formula is C12H20N2O2. The topological polar surface area (TPSA) is 49.5 Å². The van der Waals surface area contributed by atoms with Crippen LogP contribution in [0.25, 0.3) is 0 Å². The number of likely N-dealkylation sites (tertiary alicyclic amines) is 1. The van der Waals surface area contributed by atoms with Crippen LogP contribution in [-0.2, 0) is 6.54 Å². The fourth-order valence-electron chi connectivity index (χ4n) is 2.52. The third kappa shape index (κ3) is 2.44. The first-order valence-corrected chi connectivity index (χ1v) is 5.85. The monoisotopic (exact) mass is 224 g/mol. The molecule has 2 heterocycles. The zero-order valence-corrected chi connectivity index (χ0v) is 10.2. The molecule has 4 heteroatoms. The average Bonchev–Trinajstić information content (AvgIpc) is 2.74. The minimum absolute atomic E-state index is 0.226. The van der Waals surface area contributed by atoms with Crippen molar-refractivity contribution in [2.45, 2.75) is 51.8 Å². The fourth-order valence-corrected chi connectivity index (χ4v) is 2.52. The molecule has 1 unspecified atom stereocenters. The highest BCUT2D eigenvalue weighted by molar-refractivity contribution is 5.05. The molecule has 1 atom stereocenters. The van der Waals surface area contributed by atoms with Gasteiger partial charge in [-0.3, -0.25) is 4.90 Å². The van der Waals surface area contributed by atoms with Crippen LogP contribution < -0.4 is 0 Å². The Morgan fingerprint density at radius 3 is 2.94 bits per heavy atom. The molecule has 1 N–H and O–H groups in total. The van der Waals surface area contributed by atoms with Crippen molar-refractivity contribution in [1.82, 2.24) is 10.1 Å². The van der Waals surface area contributed by atoms with Crippen molar-refractivity contribution in [3.63, 3.8) is 0 Å². The zero-order valence-electron chi connectivity index (χ0n) is 10.2.